The van der Waals surface area contributed by atoms with Gasteiger partial charge in [-0.2, -0.15) is 0 Å². The summed E-state index contributed by atoms with van der Waals surface area (Å²) in [7, 11) is 0. The van der Waals surface area contributed by atoms with Gasteiger partial charge in [-0.3, -0.25) is 14.6 Å². The second kappa shape index (κ2) is 10.0. The number of amides is 2. The zero-order valence-electron chi connectivity index (χ0n) is 17.0. The summed E-state index contributed by atoms with van der Waals surface area (Å²) in [4.78, 5) is 28.4. The molecule has 2 aromatic carbocycles. The highest BCUT2D eigenvalue weighted by Crippen LogP contribution is 2.20. The summed E-state index contributed by atoms with van der Waals surface area (Å²) in [6.45, 7) is 0.200. The van der Waals surface area contributed by atoms with E-state index in [9.17, 15) is 9.59 Å². The fourth-order valence-corrected chi connectivity index (χ4v) is 2.86. The van der Waals surface area contributed by atoms with Gasteiger partial charge in [0.25, 0.3) is 5.91 Å². The van der Waals surface area contributed by atoms with Crippen LogP contribution in [0.5, 0.6) is 5.75 Å². The third kappa shape index (κ3) is 5.57. The summed E-state index contributed by atoms with van der Waals surface area (Å²) < 4.78 is 10.9. The minimum absolute atomic E-state index is 0.103. The van der Waals surface area contributed by atoms with Crippen LogP contribution in [0, 0.1) is 0 Å². The lowest BCUT2D eigenvalue weighted by Crippen LogP contribution is -2.33. The van der Waals surface area contributed by atoms with Gasteiger partial charge in [0.15, 0.2) is 11.5 Å². The van der Waals surface area contributed by atoms with Crippen LogP contribution in [0.4, 0.5) is 5.69 Å². The van der Waals surface area contributed by atoms with Crippen LogP contribution in [0.2, 0.25) is 0 Å². The Balaban J connectivity index is 1.24. The molecule has 4 aromatic rings. The molecule has 8 nitrogen and oxygen atoms in total. The summed E-state index contributed by atoms with van der Waals surface area (Å²) in [6, 6.07) is 21.6. The van der Waals surface area contributed by atoms with E-state index in [1.807, 2.05) is 42.5 Å². The number of nitrogens with one attached hydrogen (secondary N) is 2. The van der Waals surface area contributed by atoms with Gasteiger partial charge in [-0.25, -0.2) is 0 Å². The van der Waals surface area contributed by atoms with Crippen molar-refractivity contribution in [1.29, 1.82) is 0 Å². The fraction of sp³-hybridized carbons (Fsp3) is 0.0833. The molecule has 0 aliphatic rings. The van der Waals surface area contributed by atoms with Crippen LogP contribution in [-0.2, 0) is 11.4 Å². The van der Waals surface area contributed by atoms with Gasteiger partial charge < -0.3 is 19.9 Å². The third-order valence-electron chi connectivity index (χ3n) is 4.48. The van der Waals surface area contributed by atoms with Crippen molar-refractivity contribution in [2.24, 2.45) is 0 Å². The smallest absolute Gasteiger partial charge is 0.273 e. The number of aromatic nitrogens is 2. The molecule has 2 aromatic heterocycles. The first-order chi connectivity index (χ1) is 15.7. The molecule has 0 fully saturated rings. The first-order valence-corrected chi connectivity index (χ1v) is 9.89. The number of ether oxygens (including phenoxy) is 1. The predicted octanol–water partition coefficient (Wildman–Crippen LogP) is 3.68. The maximum atomic E-state index is 12.2. The number of hydrogen-bond acceptors (Lipinski definition) is 6. The molecule has 2 amide bonds. The average Bonchev–Trinajstić information content (AvgIpc) is 3.34. The van der Waals surface area contributed by atoms with Gasteiger partial charge in [0.1, 0.15) is 12.4 Å². The molecule has 32 heavy (non-hydrogen) atoms. The van der Waals surface area contributed by atoms with Crippen molar-refractivity contribution >= 4 is 17.5 Å². The average molecular weight is 428 g/mol. The number of hydrogen-bond donors (Lipinski definition) is 2. The molecule has 2 N–H and O–H groups in total. The zero-order valence-corrected chi connectivity index (χ0v) is 17.0. The van der Waals surface area contributed by atoms with Gasteiger partial charge in [-0.15, -0.1) is 0 Å². The van der Waals surface area contributed by atoms with Crippen molar-refractivity contribution in [2.45, 2.75) is 6.61 Å². The minimum atomic E-state index is -0.495. The predicted molar refractivity (Wildman–Crippen MR) is 118 cm³/mol. The van der Waals surface area contributed by atoms with E-state index >= 15 is 0 Å². The fourth-order valence-electron chi connectivity index (χ4n) is 2.86. The van der Waals surface area contributed by atoms with Crippen molar-refractivity contribution < 1.29 is 18.8 Å². The zero-order chi connectivity index (χ0) is 22.2. The summed E-state index contributed by atoms with van der Waals surface area (Å²) in [5.74, 6) is 0.283. The van der Waals surface area contributed by atoms with Gasteiger partial charge in [-0.05, 0) is 30.3 Å². The third-order valence-corrected chi connectivity index (χ3v) is 4.48. The first-order valence-electron chi connectivity index (χ1n) is 9.89. The Bertz CT molecular complexity index is 1180. The van der Waals surface area contributed by atoms with Gasteiger partial charge in [-0.1, -0.05) is 41.6 Å². The molecule has 4 rings (SSSR count). The molecule has 0 bridgehead atoms. The molecule has 0 unspecified atom stereocenters. The number of anilines is 1. The van der Waals surface area contributed by atoms with Crippen LogP contribution < -0.4 is 15.4 Å². The molecule has 160 valence electrons. The van der Waals surface area contributed by atoms with Gasteiger partial charge in [0, 0.05) is 35.3 Å². The summed E-state index contributed by atoms with van der Waals surface area (Å²) in [5, 5.41) is 9.01. The van der Waals surface area contributed by atoms with Crippen LogP contribution in [0.3, 0.4) is 0 Å². The Morgan fingerprint density at radius 1 is 0.969 bits per heavy atom. The minimum Gasteiger partial charge on any atom is -0.489 e. The largest absolute Gasteiger partial charge is 0.489 e. The Kier molecular flexibility index (Phi) is 6.52. The lowest BCUT2D eigenvalue weighted by Gasteiger charge is -2.08. The second-order valence-corrected chi connectivity index (χ2v) is 6.85. The van der Waals surface area contributed by atoms with E-state index in [0.29, 0.717) is 23.8 Å². The number of carbonyl (C=O) groups is 2. The highest BCUT2D eigenvalue weighted by molar-refractivity contribution is 5.98. The maximum Gasteiger partial charge on any atom is 0.273 e. The van der Waals surface area contributed by atoms with Crippen LogP contribution in [0.25, 0.3) is 11.3 Å². The molecule has 2 heterocycles. The monoisotopic (exact) mass is 428 g/mol. The highest BCUT2D eigenvalue weighted by atomic mass is 16.5. The number of carbonyl (C=O) groups excluding carboxylic acids is 2. The molecule has 0 saturated carbocycles. The van der Waals surface area contributed by atoms with Crippen molar-refractivity contribution in [3.8, 4) is 17.1 Å². The van der Waals surface area contributed by atoms with E-state index in [0.717, 1.165) is 11.1 Å². The van der Waals surface area contributed by atoms with E-state index in [-0.39, 0.29) is 18.1 Å². The maximum absolute atomic E-state index is 12.2. The second-order valence-electron chi connectivity index (χ2n) is 6.85. The molecular weight excluding hydrogens is 408 g/mol. The molecule has 0 atom stereocenters. The van der Waals surface area contributed by atoms with Crippen LogP contribution in [0.1, 0.15) is 16.1 Å². The van der Waals surface area contributed by atoms with E-state index in [1.165, 1.54) is 6.07 Å². The number of benzene rings is 2. The van der Waals surface area contributed by atoms with Crippen molar-refractivity contribution in [2.75, 3.05) is 11.9 Å². The van der Waals surface area contributed by atoms with E-state index < -0.39 is 5.91 Å². The van der Waals surface area contributed by atoms with E-state index in [4.69, 9.17) is 9.26 Å². The Morgan fingerprint density at radius 3 is 2.53 bits per heavy atom. The van der Waals surface area contributed by atoms with Gasteiger partial charge in [0.05, 0.1) is 6.54 Å². The number of rotatable bonds is 8. The molecule has 0 saturated heterocycles. The van der Waals surface area contributed by atoms with Crippen LogP contribution in [-0.4, -0.2) is 28.5 Å². The molecular formula is C24H20N4O4. The molecule has 0 radical (unpaired) electrons. The lowest BCUT2D eigenvalue weighted by atomic mass is 10.1. The summed E-state index contributed by atoms with van der Waals surface area (Å²) in [6.07, 6.45) is 3.45. The molecule has 0 aliphatic carbocycles. The normalized spacial score (nSPS) is 10.4. The Labute approximate surface area is 184 Å². The summed E-state index contributed by atoms with van der Waals surface area (Å²) >= 11 is 0. The lowest BCUT2D eigenvalue weighted by molar-refractivity contribution is -0.115. The van der Waals surface area contributed by atoms with E-state index in [1.54, 1.807) is 36.7 Å². The van der Waals surface area contributed by atoms with E-state index in [2.05, 4.69) is 20.8 Å². The molecule has 0 aliphatic heterocycles. The van der Waals surface area contributed by atoms with Crippen molar-refractivity contribution in [3.63, 3.8) is 0 Å². The van der Waals surface area contributed by atoms with Crippen LogP contribution in [0.15, 0.2) is 89.7 Å². The molecule has 8 heteroatoms. The van der Waals surface area contributed by atoms with Gasteiger partial charge in [0.2, 0.25) is 5.91 Å². The number of nitrogens with zero attached hydrogens (tertiary/aromatic N) is 2. The van der Waals surface area contributed by atoms with Crippen LogP contribution >= 0.6 is 0 Å². The van der Waals surface area contributed by atoms with Crippen molar-refractivity contribution in [1.82, 2.24) is 15.5 Å². The topological polar surface area (TPSA) is 106 Å². The van der Waals surface area contributed by atoms with Gasteiger partial charge >= 0.3 is 0 Å². The Hall–Kier alpha value is -4.46. The number of pyridine rings is 1. The Morgan fingerprint density at radius 2 is 1.78 bits per heavy atom. The standard InChI is InChI=1S/C24H20N4O4/c29-23(15-26-24(30)21-13-22(32-28-21)18-6-2-1-3-7-18)27-19-8-10-20(11-9-19)31-16-17-5-4-12-25-14-17/h1-14H,15-16H2,(H,26,30)(H,27,29). The first kappa shape index (κ1) is 20.8. The highest BCUT2D eigenvalue weighted by Gasteiger charge is 2.14. The quantitative estimate of drug-likeness (QED) is 0.443. The van der Waals surface area contributed by atoms with Crippen molar-refractivity contribution in [3.05, 3.63) is 96.4 Å². The summed E-state index contributed by atoms with van der Waals surface area (Å²) in [5.41, 5.74) is 2.46. The SMILES string of the molecule is O=C(CNC(=O)c1cc(-c2ccccc2)on1)Nc1ccc(OCc2cccnc2)cc1. The molecule has 0 spiro atoms.